The number of carbonyl (C=O) groups is 1. The summed E-state index contributed by atoms with van der Waals surface area (Å²) < 4.78 is 14.2. The topological polar surface area (TPSA) is 54.4 Å². The first kappa shape index (κ1) is 18.9. The Labute approximate surface area is 179 Å². The van der Waals surface area contributed by atoms with Crippen LogP contribution in [0.2, 0.25) is 0 Å². The molecule has 0 saturated heterocycles. The van der Waals surface area contributed by atoms with E-state index in [1.165, 1.54) is 6.07 Å². The second-order valence-corrected chi connectivity index (χ2v) is 7.32. The number of amides is 1. The van der Waals surface area contributed by atoms with Crippen molar-refractivity contribution in [2.45, 2.75) is 6.42 Å². The summed E-state index contributed by atoms with van der Waals surface area (Å²) in [5.74, 6) is -0.464. The maximum atomic E-state index is 14.2. The number of benzene rings is 3. The molecular formula is C26H18FN3O. The first-order valence-corrected chi connectivity index (χ1v) is 9.94. The quantitative estimate of drug-likeness (QED) is 0.452. The molecule has 1 aliphatic heterocycles. The molecule has 0 atom stereocenters. The molecule has 4 nitrogen and oxygen atoms in total. The van der Waals surface area contributed by atoms with Crippen molar-refractivity contribution in [3.05, 3.63) is 103 Å². The summed E-state index contributed by atoms with van der Waals surface area (Å²) in [6.45, 7) is 0. The van der Waals surface area contributed by atoms with E-state index in [9.17, 15) is 9.18 Å². The SMILES string of the molecule is O=C1CC(c2cccc(-c3cccnc3)c2)=Nc2ccc(-c3ccccc3F)cc2N1. The minimum absolute atomic E-state index is 0.153. The van der Waals surface area contributed by atoms with Crippen molar-refractivity contribution >= 4 is 23.0 Å². The molecule has 150 valence electrons. The van der Waals surface area contributed by atoms with Crippen LogP contribution in [0.5, 0.6) is 0 Å². The molecule has 0 saturated carbocycles. The van der Waals surface area contributed by atoms with E-state index < -0.39 is 0 Å². The first-order valence-electron chi connectivity index (χ1n) is 9.94. The van der Waals surface area contributed by atoms with Gasteiger partial charge in [-0.25, -0.2) is 4.39 Å². The van der Waals surface area contributed by atoms with E-state index in [4.69, 9.17) is 4.99 Å². The minimum Gasteiger partial charge on any atom is -0.324 e. The van der Waals surface area contributed by atoms with Crippen molar-refractivity contribution < 1.29 is 9.18 Å². The van der Waals surface area contributed by atoms with Crippen molar-refractivity contribution in [3.8, 4) is 22.3 Å². The van der Waals surface area contributed by atoms with Gasteiger partial charge in [-0.3, -0.25) is 14.8 Å². The molecule has 5 rings (SSSR count). The van der Waals surface area contributed by atoms with E-state index >= 15 is 0 Å². The number of pyridine rings is 1. The third-order valence-electron chi connectivity index (χ3n) is 5.23. The summed E-state index contributed by atoms with van der Waals surface area (Å²) in [5.41, 5.74) is 5.96. The van der Waals surface area contributed by atoms with Gasteiger partial charge in [-0.15, -0.1) is 0 Å². The molecule has 0 unspecified atom stereocenters. The van der Waals surface area contributed by atoms with Gasteiger partial charge in [-0.2, -0.15) is 0 Å². The monoisotopic (exact) mass is 407 g/mol. The Morgan fingerprint density at radius 3 is 2.48 bits per heavy atom. The normalized spacial score (nSPS) is 13.1. The molecule has 1 aliphatic rings. The third kappa shape index (κ3) is 3.85. The fourth-order valence-electron chi connectivity index (χ4n) is 3.71. The summed E-state index contributed by atoms with van der Waals surface area (Å²) in [4.78, 5) is 21.6. The standard InChI is InChI=1S/C26H18FN3O/c27-22-9-2-1-8-21(22)18-10-11-23-25(14-18)30-26(31)15-24(29-23)19-6-3-5-17(13-19)20-7-4-12-28-16-20/h1-14,16H,15H2,(H,30,31). The van der Waals surface area contributed by atoms with E-state index in [1.54, 1.807) is 36.7 Å². The molecule has 4 aromatic rings. The molecule has 1 aromatic heterocycles. The van der Waals surface area contributed by atoms with Crippen molar-refractivity contribution in [3.63, 3.8) is 0 Å². The summed E-state index contributed by atoms with van der Waals surface area (Å²) >= 11 is 0. The minimum atomic E-state index is -0.307. The molecule has 1 amide bonds. The lowest BCUT2D eigenvalue weighted by atomic mass is 10.0. The van der Waals surface area contributed by atoms with Gasteiger partial charge >= 0.3 is 0 Å². The molecule has 1 N–H and O–H groups in total. The average Bonchev–Trinajstić information content (AvgIpc) is 2.97. The zero-order chi connectivity index (χ0) is 21.2. The lowest BCUT2D eigenvalue weighted by Crippen LogP contribution is -2.15. The smallest absolute Gasteiger partial charge is 0.230 e. The Bertz CT molecular complexity index is 1320. The number of anilines is 1. The van der Waals surface area contributed by atoms with E-state index in [2.05, 4.69) is 10.3 Å². The summed E-state index contributed by atoms with van der Waals surface area (Å²) in [7, 11) is 0. The lowest BCUT2D eigenvalue weighted by Gasteiger charge is -2.09. The van der Waals surface area contributed by atoms with Gasteiger partial charge in [0.15, 0.2) is 0 Å². The van der Waals surface area contributed by atoms with Gasteiger partial charge in [0.05, 0.1) is 23.5 Å². The van der Waals surface area contributed by atoms with Crippen LogP contribution in [0.3, 0.4) is 0 Å². The van der Waals surface area contributed by atoms with Crippen LogP contribution in [0, 0.1) is 5.82 Å². The number of carbonyl (C=O) groups excluding carboxylic acids is 1. The van der Waals surface area contributed by atoms with Gasteiger partial charge in [0, 0.05) is 23.5 Å². The molecule has 0 fully saturated rings. The van der Waals surface area contributed by atoms with Crippen LogP contribution in [0.25, 0.3) is 22.3 Å². The van der Waals surface area contributed by atoms with Crippen molar-refractivity contribution in [2.24, 2.45) is 4.99 Å². The Balaban J connectivity index is 1.55. The highest BCUT2D eigenvalue weighted by molar-refractivity contribution is 6.17. The number of hydrogen-bond donors (Lipinski definition) is 1. The van der Waals surface area contributed by atoms with Crippen molar-refractivity contribution in [1.82, 2.24) is 4.98 Å². The number of aliphatic imine (C=N–C) groups is 1. The van der Waals surface area contributed by atoms with Gasteiger partial charge in [0.1, 0.15) is 5.82 Å². The van der Waals surface area contributed by atoms with E-state index in [0.29, 0.717) is 28.2 Å². The maximum absolute atomic E-state index is 14.2. The van der Waals surface area contributed by atoms with Gasteiger partial charge in [0.2, 0.25) is 5.91 Å². The Morgan fingerprint density at radius 1 is 0.806 bits per heavy atom. The second-order valence-electron chi connectivity index (χ2n) is 7.32. The molecule has 5 heteroatoms. The molecular weight excluding hydrogens is 389 g/mol. The van der Waals surface area contributed by atoms with Crippen LogP contribution in [0.1, 0.15) is 12.0 Å². The van der Waals surface area contributed by atoms with Crippen LogP contribution in [-0.2, 0) is 4.79 Å². The number of aromatic nitrogens is 1. The number of rotatable bonds is 3. The predicted octanol–water partition coefficient (Wildman–Crippen LogP) is 6.02. The molecule has 0 aliphatic carbocycles. The Hall–Kier alpha value is -4.12. The molecule has 3 aromatic carbocycles. The fraction of sp³-hybridized carbons (Fsp3) is 0.0385. The third-order valence-corrected chi connectivity index (χ3v) is 5.23. The largest absolute Gasteiger partial charge is 0.324 e. The molecule has 31 heavy (non-hydrogen) atoms. The van der Waals surface area contributed by atoms with E-state index in [0.717, 1.165) is 16.7 Å². The van der Waals surface area contributed by atoms with Crippen molar-refractivity contribution in [2.75, 3.05) is 5.32 Å². The number of halogens is 1. The van der Waals surface area contributed by atoms with Crippen LogP contribution in [0.4, 0.5) is 15.8 Å². The molecule has 2 heterocycles. The van der Waals surface area contributed by atoms with Crippen molar-refractivity contribution in [1.29, 1.82) is 0 Å². The summed E-state index contributed by atoms with van der Waals surface area (Å²) in [5, 5.41) is 2.91. The zero-order valence-corrected chi connectivity index (χ0v) is 16.5. The number of hydrogen-bond acceptors (Lipinski definition) is 3. The number of nitrogens with one attached hydrogen (secondary N) is 1. The first-order chi connectivity index (χ1) is 15.2. The highest BCUT2D eigenvalue weighted by Gasteiger charge is 2.18. The number of nitrogens with zero attached hydrogens (tertiary/aromatic N) is 2. The Kier molecular flexibility index (Phi) is 4.84. The van der Waals surface area contributed by atoms with Gasteiger partial charge < -0.3 is 5.32 Å². The summed E-state index contributed by atoms with van der Waals surface area (Å²) in [6.07, 6.45) is 3.69. The highest BCUT2D eigenvalue weighted by atomic mass is 19.1. The summed E-state index contributed by atoms with van der Waals surface area (Å²) in [6, 6.07) is 23.8. The van der Waals surface area contributed by atoms with Crippen LogP contribution < -0.4 is 5.32 Å². The Morgan fingerprint density at radius 2 is 1.65 bits per heavy atom. The average molecular weight is 407 g/mol. The lowest BCUT2D eigenvalue weighted by molar-refractivity contribution is -0.115. The fourth-order valence-corrected chi connectivity index (χ4v) is 3.71. The van der Waals surface area contributed by atoms with Crippen LogP contribution in [0.15, 0.2) is 96.2 Å². The van der Waals surface area contributed by atoms with Gasteiger partial charge in [0.25, 0.3) is 0 Å². The zero-order valence-electron chi connectivity index (χ0n) is 16.5. The van der Waals surface area contributed by atoms with Gasteiger partial charge in [-0.1, -0.05) is 48.5 Å². The predicted molar refractivity (Wildman–Crippen MR) is 121 cm³/mol. The number of fused-ring (bicyclic) bond motifs is 1. The van der Waals surface area contributed by atoms with Crippen LogP contribution in [-0.4, -0.2) is 16.6 Å². The van der Waals surface area contributed by atoms with Crippen LogP contribution >= 0.6 is 0 Å². The van der Waals surface area contributed by atoms with E-state index in [-0.39, 0.29) is 18.1 Å². The molecule has 0 radical (unpaired) electrons. The maximum Gasteiger partial charge on any atom is 0.230 e. The second kappa shape index (κ2) is 7.95. The van der Waals surface area contributed by atoms with E-state index in [1.807, 2.05) is 48.5 Å². The highest BCUT2D eigenvalue weighted by Crippen LogP contribution is 2.34. The molecule has 0 bridgehead atoms. The van der Waals surface area contributed by atoms with Gasteiger partial charge in [-0.05, 0) is 47.0 Å². The molecule has 0 spiro atoms.